The Bertz CT molecular complexity index is 557. The largest absolute Gasteiger partial charge is 0.390 e. The smallest absolute Gasteiger partial charge is 0.240 e. The second kappa shape index (κ2) is 5.18. The van der Waals surface area contributed by atoms with Crippen molar-refractivity contribution in [2.24, 2.45) is 5.92 Å². The number of nitrogens with zero attached hydrogens (tertiary/aromatic N) is 1. The Labute approximate surface area is 120 Å². The molecule has 2 aliphatic heterocycles. The second-order valence-electron chi connectivity index (χ2n) is 5.07. The molecule has 1 saturated heterocycles. The molecule has 21 heavy (non-hydrogen) atoms. The van der Waals surface area contributed by atoms with Gasteiger partial charge in [0.2, 0.25) is 11.8 Å². The number of ether oxygens (including phenoxy) is 1. The van der Waals surface area contributed by atoms with Gasteiger partial charge in [0.1, 0.15) is 6.61 Å². The van der Waals surface area contributed by atoms with Crippen molar-refractivity contribution in [3.8, 4) is 0 Å². The number of carbonyl (C=O) groups excluding carboxylic acids is 2. The van der Waals surface area contributed by atoms with Crippen molar-refractivity contribution in [2.45, 2.75) is 31.1 Å². The molecule has 2 rings (SSSR count). The molecule has 1 amide bonds. The number of aliphatic hydroxyl groups excluding tert-OH is 1. The number of alkyl halides is 2. The number of allylic oxidation sites excluding steroid dienone is 1. The second-order valence-corrected chi connectivity index (χ2v) is 5.07. The summed E-state index contributed by atoms with van der Waals surface area (Å²) in [7, 11) is 0. The molecule has 0 aromatic carbocycles. The number of hydrogen-bond acceptors (Lipinski definition) is 4. The van der Waals surface area contributed by atoms with Gasteiger partial charge in [-0.25, -0.2) is 8.78 Å². The van der Waals surface area contributed by atoms with Crippen LogP contribution in [0.4, 0.5) is 8.78 Å². The molecular formula is C14H15F2NO4. The van der Waals surface area contributed by atoms with Crippen LogP contribution in [0.25, 0.3) is 0 Å². The Balaban J connectivity index is 2.46. The molecule has 2 aliphatic rings. The predicted octanol–water partition coefficient (Wildman–Crippen LogP) is 1.00. The maximum atomic E-state index is 15.2. The summed E-state index contributed by atoms with van der Waals surface area (Å²) in [6.07, 6.45) is 0.925. The van der Waals surface area contributed by atoms with Gasteiger partial charge in [0.15, 0.2) is 17.7 Å². The van der Waals surface area contributed by atoms with E-state index in [2.05, 4.69) is 12.3 Å². The Kier molecular flexibility index (Phi) is 3.84. The van der Waals surface area contributed by atoms with Gasteiger partial charge < -0.3 is 9.84 Å². The number of halogens is 2. The average molecular weight is 299 g/mol. The molecule has 4 atom stereocenters. The van der Waals surface area contributed by atoms with Crippen LogP contribution < -0.4 is 0 Å². The molecule has 7 heteroatoms. The molecule has 0 aliphatic carbocycles. The molecule has 1 fully saturated rings. The fourth-order valence-corrected chi connectivity index (χ4v) is 2.47. The molecule has 114 valence electrons. The Morgan fingerprint density at radius 2 is 2.29 bits per heavy atom. The molecule has 2 heterocycles. The lowest BCUT2D eigenvalue weighted by molar-refractivity contribution is -0.201. The van der Waals surface area contributed by atoms with Crippen molar-refractivity contribution in [2.75, 3.05) is 6.61 Å². The maximum Gasteiger partial charge on any atom is 0.240 e. The summed E-state index contributed by atoms with van der Waals surface area (Å²) in [4.78, 5) is 23.8. The quantitative estimate of drug-likeness (QED) is 0.624. The van der Waals surface area contributed by atoms with E-state index in [1.54, 1.807) is 0 Å². The third-order valence-electron chi connectivity index (χ3n) is 3.82. The van der Waals surface area contributed by atoms with Crippen molar-refractivity contribution in [1.82, 2.24) is 4.90 Å². The van der Waals surface area contributed by atoms with Crippen LogP contribution in [0.1, 0.15) is 13.3 Å². The lowest BCUT2D eigenvalue weighted by atomic mass is 9.86. The summed E-state index contributed by atoms with van der Waals surface area (Å²) in [5.41, 5.74) is -0.203. The number of amides is 1. The highest BCUT2D eigenvalue weighted by atomic mass is 19.2. The van der Waals surface area contributed by atoms with Crippen molar-refractivity contribution in [1.29, 1.82) is 0 Å². The predicted molar refractivity (Wildman–Crippen MR) is 68.1 cm³/mol. The minimum absolute atomic E-state index is 0.431. The Morgan fingerprint density at radius 3 is 2.81 bits per heavy atom. The number of ketones is 1. The zero-order valence-electron chi connectivity index (χ0n) is 11.4. The van der Waals surface area contributed by atoms with Gasteiger partial charge in [0.05, 0.1) is 12.3 Å². The van der Waals surface area contributed by atoms with E-state index in [0.717, 1.165) is 23.3 Å². The van der Waals surface area contributed by atoms with E-state index >= 15 is 4.39 Å². The zero-order valence-corrected chi connectivity index (χ0v) is 11.4. The first-order valence-electron chi connectivity index (χ1n) is 6.34. The topological polar surface area (TPSA) is 66.8 Å². The number of hydrogen-bond donors (Lipinski definition) is 1. The fourth-order valence-electron chi connectivity index (χ4n) is 2.47. The van der Waals surface area contributed by atoms with E-state index in [-0.39, 0.29) is 0 Å². The van der Waals surface area contributed by atoms with Crippen LogP contribution in [0.2, 0.25) is 0 Å². The normalized spacial score (nSPS) is 39.5. The molecule has 5 nitrogen and oxygen atoms in total. The van der Waals surface area contributed by atoms with Crippen LogP contribution in [0, 0.1) is 5.92 Å². The first-order valence-corrected chi connectivity index (χ1v) is 6.34. The molecule has 0 saturated carbocycles. The summed E-state index contributed by atoms with van der Waals surface area (Å²) >= 11 is 0. The monoisotopic (exact) mass is 299 g/mol. The molecule has 1 N–H and O–H groups in total. The van der Waals surface area contributed by atoms with Crippen LogP contribution in [-0.2, 0) is 14.3 Å². The van der Waals surface area contributed by atoms with Crippen molar-refractivity contribution in [3.63, 3.8) is 0 Å². The third-order valence-corrected chi connectivity index (χ3v) is 3.82. The van der Waals surface area contributed by atoms with Crippen LogP contribution in [-0.4, -0.2) is 46.1 Å². The van der Waals surface area contributed by atoms with Crippen LogP contribution >= 0.6 is 0 Å². The van der Waals surface area contributed by atoms with Gasteiger partial charge in [-0.3, -0.25) is 14.5 Å². The molecule has 0 radical (unpaired) electrons. The van der Waals surface area contributed by atoms with Gasteiger partial charge in [-0.2, -0.15) is 0 Å². The van der Waals surface area contributed by atoms with Gasteiger partial charge in [-0.15, -0.1) is 5.73 Å². The van der Waals surface area contributed by atoms with Crippen LogP contribution in [0.15, 0.2) is 30.7 Å². The Hall–Kier alpha value is -1.82. The summed E-state index contributed by atoms with van der Waals surface area (Å²) in [6.45, 7) is 3.40. The standard InChI is InChI=1S/C14H15F2NO4/c1-3-5-13(15)9(2)14(16,8-18)21-12(13)17-6-4-10(19)7-11(17)20/h4-6,9,12,18H,1,7-8H2,2H3/t9-,12+,13+,14+/m0/s1. The summed E-state index contributed by atoms with van der Waals surface area (Å²) in [5, 5.41) is 9.13. The first kappa shape index (κ1) is 15.6. The summed E-state index contributed by atoms with van der Waals surface area (Å²) in [5.74, 6) is -5.18. The van der Waals surface area contributed by atoms with E-state index in [0.29, 0.717) is 0 Å². The molecule has 0 spiro atoms. The van der Waals surface area contributed by atoms with E-state index in [4.69, 9.17) is 9.84 Å². The average Bonchev–Trinajstić information content (AvgIpc) is 2.62. The Morgan fingerprint density at radius 1 is 1.62 bits per heavy atom. The fraction of sp³-hybridized carbons (Fsp3) is 0.500. The third kappa shape index (κ3) is 2.33. The maximum absolute atomic E-state index is 15.2. The minimum atomic E-state index is -2.65. The lowest BCUT2D eigenvalue weighted by Gasteiger charge is -2.33. The lowest BCUT2D eigenvalue weighted by Crippen LogP contribution is -2.50. The van der Waals surface area contributed by atoms with Gasteiger partial charge in [-0.1, -0.05) is 13.5 Å². The van der Waals surface area contributed by atoms with Crippen molar-refractivity contribution >= 4 is 11.7 Å². The summed E-state index contributed by atoms with van der Waals surface area (Å²) < 4.78 is 34.6. The van der Waals surface area contributed by atoms with Gasteiger partial charge in [0, 0.05) is 6.20 Å². The minimum Gasteiger partial charge on any atom is -0.390 e. The highest BCUT2D eigenvalue weighted by Crippen LogP contribution is 2.49. The summed E-state index contributed by atoms with van der Waals surface area (Å²) in [6, 6.07) is 0. The van der Waals surface area contributed by atoms with Crippen LogP contribution in [0.5, 0.6) is 0 Å². The van der Waals surface area contributed by atoms with Gasteiger partial charge in [0.25, 0.3) is 0 Å². The van der Waals surface area contributed by atoms with Crippen molar-refractivity contribution < 1.29 is 28.2 Å². The van der Waals surface area contributed by atoms with E-state index < -0.39 is 48.4 Å². The molecule has 0 aromatic heterocycles. The van der Waals surface area contributed by atoms with Gasteiger partial charge in [-0.05, 0) is 12.2 Å². The molecule has 0 bridgehead atoms. The first-order chi connectivity index (χ1) is 9.78. The highest BCUT2D eigenvalue weighted by Gasteiger charge is 2.65. The highest BCUT2D eigenvalue weighted by molar-refractivity contribution is 6.06. The molecule has 0 unspecified atom stereocenters. The number of rotatable bonds is 3. The molecular weight excluding hydrogens is 284 g/mol. The number of aliphatic hydroxyl groups is 1. The van der Waals surface area contributed by atoms with E-state index in [1.807, 2.05) is 0 Å². The SMILES string of the molecule is C=C=C[C@]1(F)[C@H](N2C=CC(=O)CC2=O)O[C@](F)(CO)[C@H]1C. The van der Waals surface area contributed by atoms with Gasteiger partial charge >= 0.3 is 0 Å². The van der Waals surface area contributed by atoms with Crippen molar-refractivity contribution in [3.05, 3.63) is 30.7 Å². The molecule has 0 aromatic rings. The van der Waals surface area contributed by atoms with E-state index in [9.17, 15) is 14.0 Å². The zero-order chi connectivity index (χ0) is 15.8. The number of carbonyl (C=O) groups is 2. The van der Waals surface area contributed by atoms with E-state index in [1.165, 1.54) is 6.92 Å². The van der Waals surface area contributed by atoms with Crippen LogP contribution in [0.3, 0.4) is 0 Å².